The summed E-state index contributed by atoms with van der Waals surface area (Å²) >= 11 is 0. The lowest BCUT2D eigenvalue weighted by Crippen LogP contribution is -2.17. The largest absolute Gasteiger partial charge is 0.464 e. The highest BCUT2D eigenvalue weighted by Gasteiger charge is 2.13. The third-order valence-corrected chi connectivity index (χ3v) is 2.78. The number of aryl methyl sites for hydroxylation is 1. The molecule has 2 heterocycles. The van der Waals surface area contributed by atoms with E-state index >= 15 is 0 Å². The van der Waals surface area contributed by atoms with Gasteiger partial charge in [0.15, 0.2) is 0 Å². The Balaban J connectivity index is 2.21. The van der Waals surface area contributed by atoms with Gasteiger partial charge in [0, 0.05) is 21.1 Å². The molecule has 0 radical (unpaired) electrons. The van der Waals surface area contributed by atoms with Crippen LogP contribution < -0.4 is 15.5 Å². The number of hydrogen-bond donors (Lipinski definition) is 2. The van der Waals surface area contributed by atoms with Crippen LogP contribution in [0.5, 0.6) is 0 Å². The number of nitrogens with one attached hydrogen (secondary N) is 2. The van der Waals surface area contributed by atoms with E-state index in [-0.39, 0.29) is 6.04 Å². The molecule has 0 saturated carbocycles. The zero-order valence-corrected chi connectivity index (χ0v) is 12.4. The summed E-state index contributed by atoms with van der Waals surface area (Å²) in [6, 6.07) is 3.86. The van der Waals surface area contributed by atoms with Gasteiger partial charge < -0.3 is 20.0 Å². The summed E-state index contributed by atoms with van der Waals surface area (Å²) in [5.74, 6) is 3.35. The fourth-order valence-corrected chi connectivity index (χ4v) is 1.69. The van der Waals surface area contributed by atoms with Crippen LogP contribution in [0.1, 0.15) is 24.5 Å². The second-order valence-corrected chi connectivity index (χ2v) is 4.74. The van der Waals surface area contributed by atoms with Crippen molar-refractivity contribution in [3.05, 3.63) is 23.7 Å². The van der Waals surface area contributed by atoms with Crippen LogP contribution in [0.4, 0.5) is 17.8 Å². The smallest absolute Gasteiger partial charge is 0.231 e. The Hall–Kier alpha value is -2.31. The first-order valence-electron chi connectivity index (χ1n) is 6.43. The predicted molar refractivity (Wildman–Crippen MR) is 79.2 cm³/mol. The van der Waals surface area contributed by atoms with Crippen molar-refractivity contribution in [2.75, 3.05) is 36.7 Å². The molecule has 0 fully saturated rings. The topological polar surface area (TPSA) is 79.1 Å². The molecule has 0 spiro atoms. The van der Waals surface area contributed by atoms with Gasteiger partial charge in [-0.1, -0.05) is 0 Å². The lowest BCUT2D eigenvalue weighted by atomic mass is 10.2. The van der Waals surface area contributed by atoms with Crippen molar-refractivity contribution in [2.45, 2.75) is 19.9 Å². The Morgan fingerprint density at radius 1 is 1.15 bits per heavy atom. The Labute approximate surface area is 118 Å². The van der Waals surface area contributed by atoms with E-state index in [1.165, 1.54) is 0 Å². The van der Waals surface area contributed by atoms with E-state index in [0.717, 1.165) is 11.5 Å². The predicted octanol–water partition coefficient (Wildman–Crippen LogP) is 2.05. The molecule has 2 aromatic rings. The zero-order chi connectivity index (χ0) is 14.7. The van der Waals surface area contributed by atoms with Gasteiger partial charge >= 0.3 is 0 Å². The molecule has 7 heteroatoms. The Kier molecular flexibility index (Phi) is 4.07. The fourth-order valence-electron chi connectivity index (χ4n) is 1.69. The molecule has 0 amide bonds. The number of anilines is 3. The van der Waals surface area contributed by atoms with E-state index in [9.17, 15) is 0 Å². The molecule has 0 aliphatic heterocycles. The number of rotatable bonds is 5. The number of hydrogen-bond acceptors (Lipinski definition) is 7. The quantitative estimate of drug-likeness (QED) is 0.865. The van der Waals surface area contributed by atoms with Gasteiger partial charge in [0.05, 0.1) is 6.04 Å². The lowest BCUT2D eigenvalue weighted by Gasteiger charge is -2.15. The van der Waals surface area contributed by atoms with Crippen LogP contribution in [0.3, 0.4) is 0 Å². The van der Waals surface area contributed by atoms with Crippen molar-refractivity contribution in [1.82, 2.24) is 15.0 Å². The Morgan fingerprint density at radius 3 is 2.40 bits per heavy atom. The Bertz CT molecular complexity index is 580. The average molecular weight is 276 g/mol. The molecule has 2 aromatic heterocycles. The molecule has 1 atom stereocenters. The first kappa shape index (κ1) is 14.1. The summed E-state index contributed by atoms with van der Waals surface area (Å²) in [7, 11) is 5.55. The van der Waals surface area contributed by atoms with Crippen LogP contribution in [0, 0.1) is 6.92 Å². The van der Waals surface area contributed by atoms with E-state index in [0.29, 0.717) is 17.8 Å². The third-order valence-electron chi connectivity index (χ3n) is 2.78. The highest BCUT2D eigenvalue weighted by molar-refractivity contribution is 5.43. The van der Waals surface area contributed by atoms with E-state index < -0.39 is 0 Å². The maximum absolute atomic E-state index is 5.59. The van der Waals surface area contributed by atoms with Crippen molar-refractivity contribution in [1.29, 1.82) is 0 Å². The minimum Gasteiger partial charge on any atom is -0.464 e. The second kappa shape index (κ2) is 5.77. The molecule has 0 aromatic carbocycles. The van der Waals surface area contributed by atoms with E-state index in [1.807, 2.05) is 45.0 Å². The summed E-state index contributed by atoms with van der Waals surface area (Å²) in [5, 5.41) is 6.15. The molecule has 108 valence electrons. The van der Waals surface area contributed by atoms with E-state index in [4.69, 9.17) is 4.42 Å². The number of nitrogens with zero attached hydrogens (tertiary/aromatic N) is 4. The van der Waals surface area contributed by atoms with Crippen LogP contribution in [0.15, 0.2) is 16.5 Å². The molecule has 2 N–H and O–H groups in total. The van der Waals surface area contributed by atoms with Crippen LogP contribution in [-0.4, -0.2) is 36.1 Å². The van der Waals surface area contributed by atoms with Crippen LogP contribution >= 0.6 is 0 Å². The minimum absolute atomic E-state index is 0.0224. The van der Waals surface area contributed by atoms with Gasteiger partial charge in [-0.3, -0.25) is 0 Å². The molecule has 1 unspecified atom stereocenters. The normalized spacial score (nSPS) is 12.1. The van der Waals surface area contributed by atoms with Crippen molar-refractivity contribution in [3.8, 4) is 0 Å². The zero-order valence-electron chi connectivity index (χ0n) is 12.4. The number of furan rings is 1. The first-order chi connectivity index (χ1) is 9.49. The van der Waals surface area contributed by atoms with Crippen molar-refractivity contribution < 1.29 is 4.42 Å². The molecule has 20 heavy (non-hydrogen) atoms. The fraction of sp³-hybridized carbons (Fsp3) is 0.462. The molecular formula is C13H20N6O. The highest BCUT2D eigenvalue weighted by Crippen LogP contribution is 2.20. The van der Waals surface area contributed by atoms with Gasteiger partial charge in [0.1, 0.15) is 11.5 Å². The van der Waals surface area contributed by atoms with E-state index in [2.05, 4.69) is 25.6 Å². The monoisotopic (exact) mass is 276 g/mol. The van der Waals surface area contributed by atoms with Gasteiger partial charge in [-0.15, -0.1) is 0 Å². The first-order valence-corrected chi connectivity index (χ1v) is 6.43. The molecule has 7 nitrogen and oxygen atoms in total. The van der Waals surface area contributed by atoms with Crippen LogP contribution in [-0.2, 0) is 0 Å². The molecule has 0 saturated heterocycles. The molecule has 2 rings (SSSR count). The van der Waals surface area contributed by atoms with Gasteiger partial charge in [-0.25, -0.2) is 0 Å². The Morgan fingerprint density at radius 2 is 1.85 bits per heavy atom. The standard InChI is InChI=1S/C13H20N6O/c1-8-6-7-10(20-8)9(2)15-12-16-11(14-3)17-13(18-12)19(4)5/h6-7,9H,1-5H3,(H2,14,15,16,17,18). The van der Waals surface area contributed by atoms with Crippen LogP contribution in [0.2, 0.25) is 0 Å². The summed E-state index contributed by atoms with van der Waals surface area (Å²) in [4.78, 5) is 14.8. The third kappa shape index (κ3) is 3.17. The van der Waals surface area contributed by atoms with Crippen molar-refractivity contribution >= 4 is 17.8 Å². The van der Waals surface area contributed by atoms with Gasteiger partial charge in [0.25, 0.3) is 0 Å². The molecular weight excluding hydrogens is 256 g/mol. The van der Waals surface area contributed by atoms with Crippen molar-refractivity contribution in [2.24, 2.45) is 0 Å². The van der Waals surface area contributed by atoms with E-state index in [1.54, 1.807) is 7.05 Å². The maximum Gasteiger partial charge on any atom is 0.231 e. The molecule has 0 aliphatic rings. The van der Waals surface area contributed by atoms with Crippen molar-refractivity contribution in [3.63, 3.8) is 0 Å². The minimum atomic E-state index is -0.0224. The van der Waals surface area contributed by atoms with Gasteiger partial charge in [-0.05, 0) is 26.0 Å². The summed E-state index contributed by atoms with van der Waals surface area (Å²) in [6.45, 7) is 3.92. The lowest BCUT2D eigenvalue weighted by molar-refractivity contribution is 0.466. The summed E-state index contributed by atoms with van der Waals surface area (Å²) < 4.78 is 5.59. The average Bonchev–Trinajstić information content (AvgIpc) is 2.85. The van der Waals surface area contributed by atoms with Crippen LogP contribution in [0.25, 0.3) is 0 Å². The molecule has 0 bridgehead atoms. The molecule has 0 aliphatic carbocycles. The van der Waals surface area contributed by atoms with Gasteiger partial charge in [-0.2, -0.15) is 15.0 Å². The summed E-state index contributed by atoms with van der Waals surface area (Å²) in [5.41, 5.74) is 0. The highest BCUT2D eigenvalue weighted by atomic mass is 16.3. The number of aromatic nitrogens is 3. The second-order valence-electron chi connectivity index (χ2n) is 4.74. The SMILES string of the molecule is CNc1nc(NC(C)c2ccc(C)o2)nc(N(C)C)n1. The van der Waals surface area contributed by atoms with Gasteiger partial charge in [0.2, 0.25) is 17.8 Å². The summed E-state index contributed by atoms with van der Waals surface area (Å²) in [6.07, 6.45) is 0. The maximum atomic E-state index is 5.59.